The fourth-order valence-electron chi connectivity index (χ4n) is 3.83. The van der Waals surface area contributed by atoms with E-state index < -0.39 is 0 Å². The van der Waals surface area contributed by atoms with E-state index in [-0.39, 0.29) is 5.91 Å². The van der Waals surface area contributed by atoms with Crippen molar-refractivity contribution in [3.8, 4) is 0 Å². The molecule has 2 heterocycles. The summed E-state index contributed by atoms with van der Waals surface area (Å²) in [6, 6.07) is 14.0. The molecule has 0 N–H and O–H groups in total. The zero-order valence-electron chi connectivity index (χ0n) is 19.1. The minimum atomic E-state index is 0.0754. The van der Waals surface area contributed by atoms with Crippen LogP contribution < -0.4 is 4.90 Å². The van der Waals surface area contributed by atoms with Crippen molar-refractivity contribution in [2.24, 2.45) is 0 Å². The third kappa shape index (κ3) is 6.93. The lowest BCUT2D eigenvalue weighted by atomic mass is 10.1. The molecule has 0 atom stereocenters. The van der Waals surface area contributed by atoms with Crippen LogP contribution in [0, 0.1) is 0 Å². The van der Waals surface area contributed by atoms with Gasteiger partial charge in [-0.25, -0.2) is 4.98 Å². The summed E-state index contributed by atoms with van der Waals surface area (Å²) in [6.45, 7) is 9.43. The number of carbonyl (C=O) groups excluding carboxylic acids is 1. The van der Waals surface area contributed by atoms with Gasteiger partial charge in [-0.3, -0.25) is 14.6 Å². The zero-order chi connectivity index (χ0) is 23.2. The van der Waals surface area contributed by atoms with Crippen LogP contribution in [0.2, 0.25) is 5.02 Å². The second-order valence-corrected chi connectivity index (χ2v) is 11.5. The number of amides is 1. The van der Waals surface area contributed by atoms with Gasteiger partial charge in [-0.15, -0.1) is 11.8 Å². The maximum Gasteiger partial charge on any atom is 0.233 e. The number of morpholine rings is 1. The van der Waals surface area contributed by atoms with Gasteiger partial charge in [-0.2, -0.15) is 0 Å². The molecule has 1 saturated heterocycles. The lowest BCUT2D eigenvalue weighted by Gasteiger charge is -2.27. The summed E-state index contributed by atoms with van der Waals surface area (Å²) >= 11 is 9.53. The first-order chi connectivity index (χ1) is 16.0. The molecule has 0 spiro atoms. The molecule has 176 valence electrons. The van der Waals surface area contributed by atoms with Gasteiger partial charge in [0.2, 0.25) is 5.91 Å². The Morgan fingerprint density at radius 2 is 1.97 bits per heavy atom. The number of benzene rings is 2. The van der Waals surface area contributed by atoms with E-state index in [0.717, 1.165) is 60.2 Å². The van der Waals surface area contributed by atoms with E-state index >= 15 is 0 Å². The Morgan fingerprint density at radius 1 is 1.21 bits per heavy atom. The summed E-state index contributed by atoms with van der Waals surface area (Å²) in [5, 5.41) is 1.96. The highest BCUT2D eigenvalue weighted by Crippen LogP contribution is 2.31. The highest BCUT2D eigenvalue weighted by Gasteiger charge is 2.21. The second-order valence-electron chi connectivity index (χ2n) is 8.45. The zero-order valence-corrected chi connectivity index (χ0v) is 21.5. The number of hydrogen-bond acceptors (Lipinski definition) is 6. The molecule has 0 unspecified atom stereocenters. The molecule has 33 heavy (non-hydrogen) atoms. The summed E-state index contributed by atoms with van der Waals surface area (Å²) in [4.78, 5) is 23.7. The first kappa shape index (κ1) is 24.5. The highest BCUT2D eigenvalue weighted by molar-refractivity contribution is 7.99. The Labute approximate surface area is 209 Å². The number of rotatable bonds is 9. The largest absolute Gasteiger partial charge is 0.379 e. The van der Waals surface area contributed by atoms with Crippen LogP contribution in [0.3, 0.4) is 0 Å². The first-order valence-corrected chi connectivity index (χ1v) is 13.5. The number of anilines is 1. The maximum absolute atomic E-state index is 13.4. The predicted octanol–water partition coefficient (Wildman–Crippen LogP) is 5.75. The van der Waals surface area contributed by atoms with Crippen molar-refractivity contribution in [1.82, 2.24) is 9.88 Å². The van der Waals surface area contributed by atoms with Crippen LogP contribution in [0.4, 0.5) is 5.13 Å². The van der Waals surface area contributed by atoms with Crippen LogP contribution in [-0.4, -0.2) is 60.4 Å². The number of thiazole rings is 1. The molecule has 1 fully saturated rings. The molecule has 2 aromatic carbocycles. The van der Waals surface area contributed by atoms with Gasteiger partial charge in [0.15, 0.2) is 5.13 Å². The molecule has 5 nitrogen and oxygen atoms in total. The Bertz CT molecular complexity index is 1070. The number of hydrogen-bond donors (Lipinski definition) is 0. The Kier molecular flexibility index (Phi) is 8.66. The monoisotopic (exact) mass is 503 g/mol. The van der Waals surface area contributed by atoms with E-state index in [0.29, 0.717) is 23.2 Å². The number of aromatic nitrogens is 1. The Balaban J connectivity index is 1.48. The molecule has 0 aliphatic carbocycles. The average Bonchev–Trinajstić information content (AvgIpc) is 3.21. The van der Waals surface area contributed by atoms with Gasteiger partial charge in [0.05, 0.1) is 29.9 Å². The van der Waals surface area contributed by atoms with Crippen LogP contribution in [0.1, 0.15) is 25.8 Å². The lowest BCUT2D eigenvalue weighted by Crippen LogP contribution is -2.39. The molecular weight excluding hydrogens is 474 g/mol. The number of thioether (sulfide) groups is 1. The summed E-state index contributed by atoms with van der Waals surface area (Å²) < 4.78 is 6.45. The van der Waals surface area contributed by atoms with E-state index in [2.05, 4.69) is 43.0 Å². The van der Waals surface area contributed by atoms with Crippen molar-refractivity contribution in [3.63, 3.8) is 0 Å². The minimum absolute atomic E-state index is 0.0754. The molecule has 1 aliphatic heterocycles. The van der Waals surface area contributed by atoms with E-state index in [9.17, 15) is 4.79 Å². The number of nitrogens with zero attached hydrogens (tertiary/aromatic N) is 3. The third-order valence-electron chi connectivity index (χ3n) is 5.48. The van der Waals surface area contributed by atoms with Gasteiger partial charge in [0.25, 0.3) is 0 Å². The van der Waals surface area contributed by atoms with Crippen molar-refractivity contribution in [2.45, 2.75) is 36.8 Å². The average molecular weight is 504 g/mol. The standard InChI is InChI=1S/C25H30ClN3O2S2/c1-18(2)32-21-7-4-19(5-8-21)16-24(30)29(11-3-10-28-12-14-31-15-13-28)25-27-22-9-6-20(26)17-23(22)33-25/h4-9,17-18H,3,10-16H2,1-2H3. The molecule has 4 rings (SSSR count). The molecular formula is C25H30ClN3O2S2. The molecule has 0 radical (unpaired) electrons. The van der Waals surface area contributed by atoms with Crippen LogP contribution in [0.15, 0.2) is 47.4 Å². The van der Waals surface area contributed by atoms with Crippen LogP contribution in [0.25, 0.3) is 10.2 Å². The topological polar surface area (TPSA) is 45.7 Å². The third-order valence-corrected chi connectivity index (χ3v) is 7.77. The molecule has 3 aromatic rings. The summed E-state index contributed by atoms with van der Waals surface area (Å²) in [7, 11) is 0. The van der Waals surface area contributed by atoms with Crippen LogP contribution in [0.5, 0.6) is 0 Å². The van der Waals surface area contributed by atoms with E-state index in [1.807, 2.05) is 34.9 Å². The van der Waals surface area contributed by atoms with Crippen molar-refractivity contribution in [1.29, 1.82) is 0 Å². The maximum atomic E-state index is 13.4. The number of ether oxygens (including phenoxy) is 1. The lowest BCUT2D eigenvalue weighted by molar-refractivity contribution is -0.118. The number of fused-ring (bicyclic) bond motifs is 1. The minimum Gasteiger partial charge on any atom is -0.379 e. The van der Waals surface area contributed by atoms with Crippen LogP contribution >= 0.6 is 34.7 Å². The van der Waals surface area contributed by atoms with Gasteiger partial charge in [0, 0.05) is 41.3 Å². The van der Waals surface area contributed by atoms with Gasteiger partial charge in [0.1, 0.15) is 0 Å². The van der Waals surface area contributed by atoms with Crippen molar-refractivity contribution in [2.75, 3.05) is 44.3 Å². The molecule has 1 amide bonds. The van der Waals surface area contributed by atoms with Crippen molar-refractivity contribution >= 4 is 56.0 Å². The Morgan fingerprint density at radius 3 is 2.70 bits per heavy atom. The van der Waals surface area contributed by atoms with Gasteiger partial charge < -0.3 is 4.74 Å². The molecule has 8 heteroatoms. The van der Waals surface area contributed by atoms with E-state index in [1.165, 1.54) is 16.2 Å². The number of carbonyl (C=O) groups is 1. The number of halogens is 1. The van der Waals surface area contributed by atoms with E-state index in [1.54, 1.807) is 0 Å². The molecule has 0 bridgehead atoms. The normalized spacial score (nSPS) is 14.8. The first-order valence-electron chi connectivity index (χ1n) is 11.4. The van der Waals surface area contributed by atoms with Gasteiger partial charge >= 0.3 is 0 Å². The Hall–Kier alpha value is -1.64. The van der Waals surface area contributed by atoms with Gasteiger partial charge in [-0.05, 0) is 42.3 Å². The quantitative estimate of drug-likeness (QED) is 0.348. The van der Waals surface area contributed by atoms with Crippen molar-refractivity contribution in [3.05, 3.63) is 53.1 Å². The van der Waals surface area contributed by atoms with E-state index in [4.69, 9.17) is 21.3 Å². The second kappa shape index (κ2) is 11.7. The van der Waals surface area contributed by atoms with Crippen LogP contribution in [-0.2, 0) is 16.0 Å². The highest BCUT2D eigenvalue weighted by atomic mass is 35.5. The summed E-state index contributed by atoms with van der Waals surface area (Å²) in [5.74, 6) is 0.0754. The SMILES string of the molecule is CC(C)Sc1ccc(CC(=O)N(CCCN2CCOCC2)c2nc3ccc(Cl)cc3s2)cc1. The molecule has 1 aromatic heterocycles. The fraction of sp³-hybridized carbons (Fsp3) is 0.440. The smallest absolute Gasteiger partial charge is 0.233 e. The van der Waals surface area contributed by atoms with Crippen molar-refractivity contribution < 1.29 is 9.53 Å². The summed E-state index contributed by atoms with van der Waals surface area (Å²) in [6.07, 6.45) is 1.26. The molecule has 0 saturated carbocycles. The fourth-order valence-corrected chi connectivity index (χ4v) is 5.96. The molecule has 1 aliphatic rings. The van der Waals surface area contributed by atoms with Gasteiger partial charge in [-0.1, -0.05) is 48.9 Å². The predicted molar refractivity (Wildman–Crippen MR) is 140 cm³/mol. The summed E-state index contributed by atoms with van der Waals surface area (Å²) in [5.41, 5.74) is 1.90.